The van der Waals surface area contributed by atoms with E-state index in [-0.39, 0.29) is 35.0 Å². The molecule has 9 nitrogen and oxygen atoms in total. The number of aromatic nitrogens is 5. The van der Waals surface area contributed by atoms with Gasteiger partial charge in [0, 0.05) is 36.1 Å². The molecule has 0 aliphatic heterocycles. The summed E-state index contributed by atoms with van der Waals surface area (Å²) in [5, 5.41) is 7.72. The van der Waals surface area contributed by atoms with Crippen LogP contribution >= 0.6 is 0 Å². The Kier molecular flexibility index (Phi) is 5.48. The van der Waals surface area contributed by atoms with E-state index in [1.54, 1.807) is 16.8 Å². The van der Waals surface area contributed by atoms with Gasteiger partial charge in [-0.3, -0.25) is 19.1 Å². The average Bonchev–Trinajstić information content (AvgIpc) is 3.66. The largest absolute Gasteiger partial charge is 0.348 e. The molecule has 0 spiro atoms. The highest BCUT2D eigenvalue weighted by Gasteiger charge is 2.28. The van der Waals surface area contributed by atoms with Crippen LogP contribution in [0.25, 0.3) is 28.0 Å². The van der Waals surface area contributed by atoms with Crippen molar-refractivity contribution < 1.29 is 9.18 Å². The van der Waals surface area contributed by atoms with Gasteiger partial charge < -0.3 is 5.32 Å². The number of carbonyl (C=O) groups excluding carboxylic acids is 1. The molecule has 1 amide bonds. The number of pyridine rings is 1. The predicted octanol–water partition coefficient (Wildman–Crippen LogP) is 3.34. The Hall–Kier alpha value is -4.86. The Bertz CT molecular complexity index is 1750. The highest BCUT2D eigenvalue weighted by Crippen LogP contribution is 2.34. The molecule has 3 aromatic heterocycles. The molecule has 0 radical (unpaired) electrons. The lowest BCUT2D eigenvalue weighted by atomic mass is 10.1. The molecule has 3 heterocycles. The van der Waals surface area contributed by atoms with E-state index in [0.717, 1.165) is 24.1 Å². The Labute approximate surface area is 209 Å². The summed E-state index contributed by atoms with van der Waals surface area (Å²) in [4.78, 5) is 44.3. The molecule has 1 aliphatic carbocycles. The minimum atomic E-state index is -0.582. The topological polar surface area (TPSA) is 115 Å². The second-order valence-electron chi connectivity index (χ2n) is 8.93. The lowest BCUT2D eigenvalue weighted by molar-refractivity contribution is 0.0951. The number of nitrogens with one attached hydrogen (secondary N) is 2. The molecule has 0 bridgehead atoms. The van der Waals surface area contributed by atoms with Gasteiger partial charge in [0.25, 0.3) is 11.5 Å². The molecule has 5 aromatic rings. The third kappa shape index (κ3) is 4.33. The van der Waals surface area contributed by atoms with Crippen LogP contribution in [0.5, 0.6) is 0 Å². The molecule has 2 aromatic carbocycles. The number of hydrogen-bond acceptors (Lipinski definition) is 5. The summed E-state index contributed by atoms with van der Waals surface area (Å²) in [5.74, 6) is -0.789. The first kappa shape index (κ1) is 22.6. The number of hydrogen-bond donors (Lipinski definition) is 2. The fraction of sp³-hybridized carbons (Fsp3) is 0.148. The van der Waals surface area contributed by atoms with E-state index in [2.05, 4.69) is 20.4 Å². The van der Waals surface area contributed by atoms with Gasteiger partial charge in [0.15, 0.2) is 0 Å². The average molecular weight is 497 g/mol. The molecule has 0 unspecified atom stereocenters. The van der Waals surface area contributed by atoms with Crippen LogP contribution in [0, 0.1) is 5.82 Å². The van der Waals surface area contributed by atoms with Crippen molar-refractivity contribution in [2.75, 3.05) is 0 Å². The number of nitrogens with zero attached hydrogens (tertiary/aromatic N) is 4. The normalized spacial score (nSPS) is 13.1. The smallest absolute Gasteiger partial charge is 0.330 e. The van der Waals surface area contributed by atoms with Crippen LogP contribution in [0.3, 0.4) is 0 Å². The second kappa shape index (κ2) is 8.98. The first-order valence-corrected chi connectivity index (χ1v) is 11.8. The molecule has 0 saturated heterocycles. The fourth-order valence-electron chi connectivity index (χ4n) is 4.31. The standard InChI is InChI=1S/C27H21FN6O3/c28-19-8-6-16(7-9-19)23-18(15-33(32-23)20-4-2-1-3-5-20)14-30-25(35)17-12-22-24(29-13-17)34(21-10-11-21)27(37)31-26(22)36/h1-9,12-13,15,21H,10-11,14H2,(H,30,35)(H,31,36,37). The first-order valence-electron chi connectivity index (χ1n) is 11.8. The van der Waals surface area contributed by atoms with Gasteiger partial charge >= 0.3 is 5.69 Å². The van der Waals surface area contributed by atoms with Crippen molar-refractivity contribution in [1.29, 1.82) is 0 Å². The second-order valence-corrected chi connectivity index (χ2v) is 8.93. The van der Waals surface area contributed by atoms with E-state index in [1.807, 2.05) is 36.5 Å². The van der Waals surface area contributed by atoms with Gasteiger partial charge in [0.2, 0.25) is 0 Å². The molecular formula is C27H21FN6O3. The van der Waals surface area contributed by atoms with Gasteiger partial charge in [-0.25, -0.2) is 18.9 Å². The maximum Gasteiger partial charge on any atom is 0.330 e. The summed E-state index contributed by atoms with van der Waals surface area (Å²) in [6, 6.07) is 17.0. The molecule has 6 rings (SSSR count). The lowest BCUT2D eigenvalue weighted by Crippen LogP contribution is -2.31. The molecule has 1 fully saturated rings. The Morgan fingerprint density at radius 3 is 2.57 bits per heavy atom. The molecule has 10 heteroatoms. The number of carbonyl (C=O) groups is 1. The Balaban J connectivity index is 1.31. The van der Waals surface area contributed by atoms with Gasteiger partial charge in [-0.1, -0.05) is 18.2 Å². The van der Waals surface area contributed by atoms with Crippen molar-refractivity contribution in [3.63, 3.8) is 0 Å². The van der Waals surface area contributed by atoms with Gasteiger partial charge in [-0.05, 0) is 55.3 Å². The number of para-hydroxylation sites is 1. The molecule has 37 heavy (non-hydrogen) atoms. The summed E-state index contributed by atoms with van der Waals surface area (Å²) in [6.07, 6.45) is 4.87. The van der Waals surface area contributed by atoms with Gasteiger partial charge in [-0.2, -0.15) is 5.10 Å². The third-order valence-corrected chi connectivity index (χ3v) is 6.32. The maximum absolute atomic E-state index is 13.5. The van der Waals surface area contributed by atoms with Crippen LogP contribution in [-0.2, 0) is 6.54 Å². The van der Waals surface area contributed by atoms with Crippen molar-refractivity contribution in [3.8, 4) is 16.9 Å². The number of aromatic amines is 1. The fourth-order valence-corrected chi connectivity index (χ4v) is 4.31. The highest BCUT2D eigenvalue weighted by atomic mass is 19.1. The van der Waals surface area contributed by atoms with Crippen molar-refractivity contribution in [3.05, 3.63) is 111 Å². The van der Waals surface area contributed by atoms with E-state index < -0.39 is 17.2 Å². The van der Waals surface area contributed by atoms with Crippen LogP contribution < -0.4 is 16.6 Å². The number of H-pyrrole nitrogens is 1. The quantitative estimate of drug-likeness (QED) is 0.374. The van der Waals surface area contributed by atoms with Crippen molar-refractivity contribution in [2.45, 2.75) is 25.4 Å². The molecule has 2 N–H and O–H groups in total. The summed E-state index contributed by atoms with van der Waals surface area (Å²) in [6.45, 7) is 0.133. The van der Waals surface area contributed by atoms with Crippen LogP contribution in [0.4, 0.5) is 4.39 Å². The summed E-state index contributed by atoms with van der Waals surface area (Å²) in [7, 11) is 0. The van der Waals surface area contributed by atoms with E-state index >= 15 is 0 Å². The zero-order chi connectivity index (χ0) is 25.5. The lowest BCUT2D eigenvalue weighted by Gasteiger charge is -2.09. The number of benzene rings is 2. The van der Waals surface area contributed by atoms with Crippen molar-refractivity contribution >= 4 is 16.9 Å². The highest BCUT2D eigenvalue weighted by molar-refractivity contribution is 5.96. The summed E-state index contributed by atoms with van der Waals surface area (Å²) < 4.78 is 16.7. The molecule has 184 valence electrons. The predicted molar refractivity (Wildman–Crippen MR) is 135 cm³/mol. The summed E-state index contributed by atoms with van der Waals surface area (Å²) in [5.41, 5.74) is 2.26. The molecule has 1 aliphatic rings. The SMILES string of the molecule is O=C(NCc1cn(-c2ccccc2)nc1-c1ccc(F)cc1)c1cnc2c(c1)c(=O)[nH]c(=O)n2C1CC1. The van der Waals surface area contributed by atoms with E-state index in [0.29, 0.717) is 11.3 Å². The number of fused-ring (bicyclic) bond motifs is 1. The molecule has 0 atom stereocenters. The van der Waals surface area contributed by atoms with Gasteiger partial charge in [0.1, 0.15) is 11.5 Å². The van der Waals surface area contributed by atoms with E-state index in [9.17, 15) is 18.8 Å². The Morgan fingerprint density at radius 1 is 1.08 bits per heavy atom. The minimum Gasteiger partial charge on any atom is -0.348 e. The number of halogens is 1. The first-order chi connectivity index (χ1) is 18.0. The van der Waals surface area contributed by atoms with Gasteiger partial charge in [0.05, 0.1) is 22.3 Å². The van der Waals surface area contributed by atoms with Crippen molar-refractivity contribution in [1.82, 2.24) is 29.6 Å². The van der Waals surface area contributed by atoms with Crippen LogP contribution in [-0.4, -0.2) is 30.2 Å². The zero-order valence-corrected chi connectivity index (χ0v) is 19.5. The van der Waals surface area contributed by atoms with Crippen LogP contribution in [0.15, 0.2) is 82.6 Å². The minimum absolute atomic E-state index is 0.0186. The molecule has 1 saturated carbocycles. The maximum atomic E-state index is 13.5. The monoisotopic (exact) mass is 496 g/mol. The van der Waals surface area contributed by atoms with Crippen LogP contribution in [0.2, 0.25) is 0 Å². The summed E-state index contributed by atoms with van der Waals surface area (Å²) >= 11 is 0. The van der Waals surface area contributed by atoms with Crippen molar-refractivity contribution in [2.24, 2.45) is 0 Å². The zero-order valence-electron chi connectivity index (χ0n) is 19.5. The van der Waals surface area contributed by atoms with Gasteiger partial charge in [-0.15, -0.1) is 0 Å². The number of rotatable bonds is 6. The molecular weight excluding hydrogens is 475 g/mol. The Morgan fingerprint density at radius 2 is 1.84 bits per heavy atom. The number of amides is 1. The van der Waals surface area contributed by atoms with E-state index in [1.165, 1.54) is 29.0 Å². The van der Waals surface area contributed by atoms with E-state index in [4.69, 9.17) is 0 Å². The third-order valence-electron chi connectivity index (χ3n) is 6.32. The van der Waals surface area contributed by atoms with Crippen LogP contribution in [0.1, 0.15) is 34.8 Å².